The van der Waals surface area contributed by atoms with E-state index in [1.54, 1.807) is 22.8 Å². The van der Waals surface area contributed by atoms with E-state index in [4.69, 9.17) is 4.74 Å². The van der Waals surface area contributed by atoms with Crippen LogP contribution in [0.25, 0.3) is 16.9 Å². The molecule has 9 heteroatoms. The number of rotatable bonds is 6. The lowest BCUT2D eigenvalue weighted by Crippen LogP contribution is -2.40. The first-order valence-corrected chi connectivity index (χ1v) is 10.6. The minimum atomic E-state index is -0.496. The van der Waals surface area contributed by atoms with Crippen molar-refractivity contribution in [2.45, 2.75) is 25.9 Å². The lowest BCUT2D eigenvalue weighted by molar-refractivity contribution is 0.0600. The summed E-state index contributed by atoms with van der Waals surface area (Å²) in [5.41, 5.74) is 1.15. The predicted molar refractivity (Wildman–Crippen MR) is 119 cm³/mol. The highest BCUT2D eigenvalue weighted by molar-refractivity contribution is 5.89. The fraction of sp³-hybridized carbons (Fsp3) is 0.250. The maximum absolute atomic E-state index is 13.5. The molecule has 0 bridgehead atoms. The van der Waals surface area contributed by atoms with Crippen molar-refractivity contribution in [2.24, 2.45) is 5.92 Å². The average molecular weight is 448 g/mol. The van der Waals surface area contributed by atoms with Crippen molar-refractivity contribution in [3.63, 3.8) is 0 Å². The standard InChI is InChI=1S/C24H21FN4O4/c1-33-23(31)17-4-2-3-16(11-17)12-27-14-26-21-20(27)22(30)28(13-15-5-6-15)24(32)29(21)19-9-7-18(25)8-10-19/h2-4,7-11,14-15H,5-6,12-13H2,1H3. The summed E-state index contributed by atoms with van der Waals surface area (Å²) < 4.78 is 22.5. The zero-order chi connectivity index (χ0) is 23.1. The van der Waals surface area contributed by atoms with Crippen LogP contribution in [-0.2, 0) is 17.8 Å². The minimum Gasteiger partial charge on any atom is -0.465 e. The van der Waals surface area contributed by atoms with Gasteiger partial charge in [0.1, 0.15) is 5.82 Å². The highest BCUT2D eigenvalue weighted by Gasteiger charge is 2.26. The first-order chi connectivity index (χ1) is 16.0. The van der Waals surface area contributed by atoms with E-state index < -0.39 is 23.0 Å². The zero-order valence-corrected chi connectivity index (χ0v) is 17.9. The van der Waals surface area contributed by atoms with Crippen LogP contribution in [0, 0.1) is 11.7 Å². The van der Waals surface area contributed by atoms with Crippen LogP contribution >= 0.6 is 0 Å². The molecule has 0 spiro atoms. The molecule has 168 valence electrons. The second-order valence-electron chi connectivity index (χ2n) is 8.19. The number of aromatic nitrogens is 4. The van der Waals surface area contributed by atoms with Crippen molar-refractivity contribution in [3.05, 3.63) is 92.6 Å². The molecule has 0 atom stereocenters. The fourth-order valence-corrected chi connectivity index (χ4v) is 3.95. The van der Waals surface area contributed by atoms with Crippen molar-refractivity contribution in [2.75, 3.05) is 7.11 Å². The zero-order valence-electron chi connectivity index (χ0n) is 17.9. The number of imidazole rings is 1. The maximum Gasteiger partial charge on any atom is 0.337 e. The fourth-order valence-electron chi connectivity index (χ4n) is 3.95. The average Bonchev–Trinajstić information content (AvgIpc) is 3.56. The van der Waals surface area contributed by atoms with Gasteiger partial charge in [-0.2, -0.15) is 0 Å². The highest BCUT2D eigenvalue weighted by atomic mass is 19.1. The van der Waals surface area contributed by atoms with E-state index in [0.717, 1.165) is 18.4 Å². The largest absolute Gasteiger partial charge is 0.465 e. The van der Waals surface area contributed by atoms with Crippen LogP contribution in [0.4, 0.5) is 4.39 Å². The van der Waals surface area contributed by atoms with Crippen molar-refractivity contribution < 1.29 is 13.9 Å². The summed E-state index contributed by atoms with van der Waals surface area (Å²) in [6.45, 7) is 0.597. The van der Waals surface area contributed by atoms with Crippen molar-refractivity contribution in [1.29, 1.82) is 0 Å². The third-order valence-electron chi connectivity index (χ3n) is 5.82. The van der Waals surface area contributed by atoms with Crippen LogP contribution in [0.3, 0.4) is 0 Å². The van der Waals surface area contributed by atoms with Gasteiger partial charge in [0.15, 0.2) is 11.2 Å². The van der Waals surface area contributed by atoms with Gasteiger partial charge >= 0.3 is 11.7 Å². The van der Waals surface area contributed by atoms with Gasteiger partial charge in [-0.05, 0) is 60.7 Å². The predicted octanol–water partition coefficient (Wildman–Crippen LogP) is 2.73. The van der Waals surface area contributed by atoms with E-state index >= 15 is 0 Å². The number of fused-ring (bicyclic) bond motifs is 1. The monoisotopic (exact) mass is 448 g/mol. The van der Waals surface area contributed by atoms with E-state index in [1.807, 2.05) is 6.07 Å². The molecule has 0 aliphatic heterocycles. The van der Waals surface area contributed by atoms with Crippen LogP contribution in [-0.4, -0.2) is 31.8 Å². The summed E-state index contributed by atoms with van der Waals surface area (Å²) in [4.78, 5) is 43.0. The molecule has 1 fully saturated rings. The van der Waals surface area contributed by atoms with Gasteiger partial charge in [0.05, 0.1) is 24.7 Å². The Morgan fingerprint density at radius 3 is 2.61 bits per heavy atom. The van der Waals surface area contributed by atoms with Gasteiger partial charge in [-0.15, -0.1) is 0 Å². The molecule has 0 unspecified atom stereocenters. The number of carbonyl (C=O) groups excluding carboxylic acids is 1. The molecule has 2 aromatic carbocycles. The van der Waals surface area contributed by atoms with Crippen molar-refractivity contribution in [1.82, 2.24) is 18.7 Å². The third-order valence-corrected chi connectivity index (χ3v) is 5.82. The quantitative estimate of drug-likeness (QED) is 0.423. The van der Waals surface area contributed by atoms with E-state index in [9.17, 15) is 18.8 Å². The summed E-state index contributed by atoms with van der Waals surface area (Å²) in [7, 11) is 1.31. The first-order valence-electron chi connectivity index (χ1n) is 10.6. The molecule has 2 aromatic heterocycles. The van der Waals surface area contributed by atoms with Gasteiger partial charge in [0, 0.05) is 13.1 Å². The summed E-state index contributed by atoms with van der Waals surface area (Å²) in [5.74, 6) is -0.586. The van der Waals surface area contributed by atoms with Crippen molar-refractivity contribution in [3.8, 4) is 5.69 Å². The Balaban J connectivity index is 1.68. The molecule has 5 rings (SSSR count). The molecule has 33 heavy (non-hydrogen) atoms. The summed E-state index contributed by atoms with van der Waals surface area (Å²) in [6, 6.07) is 12.4. The molecule has 1 saturated carbocycles. The highest BCUT2D eigenvalue weighted by Crippen LogP contribution is 2.30. The van der Waals surface area contributed by atoms with Gasteiger partial charge in [-0.3, -0.25) is 9.36 Å². The van der Waals surface area contributed by atoms with Gasteiger partial charge in [0.2, 0.25) is 0 Å². The number of ether oxygens (including phenoxy) is 1. The lowest BCUT2D eigenvalue weighted by Gasteiger charge is -2.13. The second kappa shape index (κ2) is 8.16. The van der Waals surface area contributed by atoms with E-state index in [2.05, 4.69) is 4.98 Å². The Morgan fingerprint density at radius 2 is 1.91 bits per heavy atom. The Morgan fingerprint density at radius 1 is 1.15 bits per heavy atom. The Hall–Kier alpha value is -4.01. The molecule has 0 N–H and O–H groups in total. The third kappa shape index (κ3) is 3.86. The number of carbonyl (C=O) groups is 1. The number of halogens is 1. The van der Waals surface area contributed by atoms with Crippen LogP contribution < -0.4 is 11.2 Å². The maximum atomic E-state index is 13.5. The van der Waals surface area contributed by atoms with Crippen LogP contribution in [0.15, 0.2) is 64.4 Å². The van der Waals surface area contributed by atoms with Crippen molar-refractivity contribution >= 4 is 17.1 Å². The van der Waals surface area contributed by atoms with Gasteiger partial charge < -0.3 is 9.30 Å². The lowest BCUT2D eigenvalue weighted by atomic mass is 10.1. The number of nitrogens with zero attached hydrogens (tertiary/aromatic N) is 4. The molecule has 1 aliphatic carbocycles. The van der Waals surface area contributed by atoms with Crippen LogP contribution in [0.5, 0.6) is 0 Å². The summed E-state index contributed by atoms with van der Waals surface area (Å²) in [6.07, 6.45) is 3.44. The Bertz CT molecular complexity index is 1480. The number of esters is 1. The molecule has 1 aliphatic rings. The SMILES string of the molecule is COC(=O)c1cccc(Cn2cnc3c2c(=O)n(CC2CC2)c(=O)n3-c2ccc(F)cc2)c1. The van der Waals surface area contributed by atoms with E-state index in [0.29, 0.717) is 23.7 Å². The second-order valence-corrected chi connectivity index (χ2v) is 8.19. The molecular formula is C24H21FN4O4. The number of methoxy groups -OCH3 is 1. The molecule has 0 amide bonds. The number of hydrogen-bond donors (Lipinski definition) is 0. The topological polar surface area (TPSA) is 88.1 Å². The minimum absolute atomic E-state index is 0.202. The first kappa shape index (κ1) is 20.9. The van der Waals surface area contributed by atoms with E-state index in [-0.39, 0.29) is 17.7 Å². The molecular weight excluding hydrogens is 427 g/mol. The van der Waals surface area contributed by atoms with E-state index in [1.165, 1.54) is 46.8 Å². The van der Waals surface area contributed by atoms with Crippen LogP contribution in [0.2, 0.25) is 0 Å². The normalized spacial score (nSPS) is 13.4. The summed E-state index contributed by atoms with van der Waals surface area (Å²) in [5, 5.41) is 0. The Labute approximate surface area is 187 Å². The molecule has 0 radical (unpaired) electrons. The number of benzene rings is 2. The molecule has 0 saturated heterocycles. The van der Waals surface area contributed by atoms with Gasteiger partial charge in [-0.1, -0.05) is 12.1 Å². The van der Waals surface area contributed by atoms with Gasteiger partial charge in [0.25, 0.3) is 5.56 Å². The molecule has 8 nitrogen and oxygen atoms in total. The Kier molecular flexibility index (Phi) is 5.16. The van der Waals surface area contributed by atoms with Crippen LogP contribution in [0.1, 0.15) is 28.8 Å². The van der Waals surface area contributed by atoms with Gasteiger partial charge in [-0.25, -0.2) is 23.5 Å². The number of hydrogen-bond acceptors (Lipinski definition) is 5. The smallest absolute Gasteiger partial charge is 0.337 e. The summed E-state index contributed by atoms with van der Waals surface area (Å²) >= 11 is 0. The molecule has 4 aromatic rings. The molecule has 2 heterocycles.